The SMILES string of the molecule is CC(C)[C@@H](N)C(=O)Nc1cc2c(cc1Cl)=C[N]C(=O)C=2. The van der Waals surface area contributed by atoms with Crippen LogP contribution in [0.4, 0.5) is 5.69 Å². The number of rotatable bonds is 3. The topological polar surface area (TPSA) is 86.3 Å². The maximum absolute atomic E-state index is 11.9. The van der Waals surface area contributed by atoms with Crippen molar-refractivity contribution in [3.05, 3.63) is 27.6 Å². The third-order valence-corrected chi connectivity index (χ3v) is 3.37. The van der Waals surface area contributed by atoms with Crippen LogP contribution in [0.3, 0.4) is 0 Å². The first-order valence-electron chi connectivity index (χ1n) is 6.21. The lowest BCUT2D eigenvalue weighted by atomic mass is 10.0. The number of halogens is 1. The van der Waals surface area contributed by atoms with Crippen molar-refractivity contribution < 1.29 is 9.59 Å². The van der Waals surface area contributed by atoms with Gasteiger partial charge >= 0.3 is 0 Å². The van der Waals surface area contributed by atoms with Gasteiger partial charge < -0.3 is 11.1 Å². The minimum Gasteiger partial charge on any atom is -0.323 e. The summed E-state index contributed by atoms with van der Waals surface area (Å²) in [4.78, 5) is 23.2. The van der Waals surface area contributed by atoms with Crippen LogP contribution in [0.5, 0.6) is 0 Å². The monoisotopic (exact) mass is 292 g/mol. The van der Waals surface area contributed by atoms with Gasteiger partial charge in [0.25, 0.3) is 5.91 Å². The molecule has 0 saturated heterocycles. The highest BCUT2D eigenvalue weighted by molar-refractivity contribution is 6.33. The molecule has 1 aromatic rings. The molecule has 0 spiro atoms. The summed E-state index contributed by atoms with van der Waals surface area (Å²) in [6, 6.07) is 2.68. The number of nitrogens with two attached hydrogens (primary N) is 1. The van der Waals surface area contributed by atoms with Gasteiger partial charge in [-0.1, -0.05) is 25.4 Å². The molecule has 1 aliphatic heterocycles. The zero-order chi connectivity index (χ0) is 14.9. The van der Waals surface area contributed by atoms with Crippen LogP contribution < -0.4 is 26.8 Å². The van der Waals surface area contributed by atoms with Gasteiger partial charge in [-0.3, -0.25) is 9.59 Å². The molecule has 1 aromatic carbocycles. The molecule has 0 fully saturated rings. The molecule has 105 valence electrons. The average Bonchev–Trinajstić information content (AvgIpc) is 2.39. The number of benzene rings is 1. The minimum absolute atomic E-state index is 0.0201. The summed E-state index contributed by atoms with van der Waals surface area (Å²) in [7, 11) is 0. The van der Waals surface area contributed by atoms with E-state index in [1.54, 1.807) is 12.1 Å². The standard InChI is InChI=1S/C14H15ClN3O2/c1-7(2)13(16)14(20)18-11-4-8-5-12(19)17-6-9(8)3-10(11)15/h3-7,13H,16H2,1-2H3,(H,18,20)/t13-/m1/s1. The van der Waals surface area contributed by atoms with Gasteiger partial charge in [0.1, 0.15) is 0 Å². The molecule has 6 heteroatoms. The van der Waals surface area contributed by atoms with Gasteiger partial charge in [0.05, 0.1) is 16.8 Å². The van der Waals surface area contributed by atoms with Crippen molar-refractivity contribution in [3.8, 4) is 0 Å². The fourth-order valence-corrected chi connectivity index (χ4v) is 1.98. The quantitative estimate of drug-likeness (QED) is 0.817. The summed E-state index contributed by atoms with van der Waals surface area (Å²) in [6.07, 6.45) is 2.85. The van der Waals surface area contributed by atoms with Gasteiger partial charge in [-0.15, -0.1) is 0 Å². The first kappa shape index (κ1) is 14.6. The summed E-state index contributed by atoms with van der Waals surface area (Å²) in [5, 5.41) is 8.14. The Kier molecular flexibility index (Phi) is 4.11. The molecule has 1 aliphatic rings. The number of carbonyl (C=O) groups is 2. The highest BCUT2D eigenvalue weighted by Gasteiger charge is 2.18. The predicted octanol–water partition coefficient (Wildman–Crippen LogP) is -0.0751. The predicted molar refractivity (Wildman–Crippen MR) is 78.2 cm³/mol. The van der Waals surface area contributed by atoms with Crippen molar-refractivity contribution in [2.45, 2.75) is 19.9 Å². The molecule has 1 atom stereocenters. The van der Waals surface area contributed by atoms with E-state index in [0.717, 1.165) is 5.22 Å². The van der Waals surface area contributed by atoms with Crippen molar-refractivity contribution in [2.75, 3.05) is 5.32 Å². The molecular weight excluding hydrogens is 278 g/mol. The Bertz CT molecular complexity index is 682. The number of carbonyl (C=O) groups excluding carboxylic acids is 2. The average molecular weight is 293 g/mol. The van der Waals surface area contributed by atoms with Crippen molar-refractivity contribution in [2.24, 2.45) is 11.7 Å². The van der Waals surface area contributed by atoms with Crippen molar-refractivity contribution in [1.29, 1.82) is 0 Å². The van der Waals surface area contributed by atoms with E-state index < -0.39 is 6.04 Å². The largest absolute Gasteiger partial charge is 0.323 e. The number of hydrogen-bond donors (Lipinski definition) is 2. The smallest absolute Gasteiger partial charge is 0.270 e. The molecule has 2 amide bonds. The van der Waals surface area contributed by atoms with E-state index in [-0.39, 0.29) is 17.7 Å². The van der Waals surface area contributed by atoms with E-state index in [9.17, 15) is 9.59 Å². The number of anilines is 1. The Morgan fingerprint density at radius 2 is 2.05 bits per heavy atom. The second-order valence-electron chi connectivity index (χ2n) is 4.96. The lowest BCUT2D eigenvalue weighted by Crippen LogP contribution is -2.40. The molecule has 1 heterocycles. The van der Waals surface area contributed by atoms with Gasteiger partial charge in [-0.2, -0.15) is 0 Å². The van der Waals surface area contributed by atoms with Crippen molar-refractivity contribution >= 4 is 41.4 Å². The Labute approximate surface area is 121 Å². The number of nitrogens with zero attached hydrogens (tertiary/aromatic N) is 1. The van der Waals surface area contributed by atoms with Crippen LogP contribution in [0.2, 0.25) is 5.02 Å². The van der Waals surface area contributed by atoms with Crippen molar-refractivity contribution in [3.63, 3.8) is 0 Å². The van der Waals surface area contributed by atoms with Gasteiger partial charge in [-0.05, 0) is 23.3 Å². The van der Waals surface area contributed by atoms with Gasteiger partial charge in [0.15, 0.2) is 0 Å². The molecule has 0 bridgehead atoms. The molecule has 2 rings (SSSR count). The summed E-state index contributed by atoms with van der Waals surface area (Å²) >= 11 is 6.11. The Balaban J connectivity index is 2.35. The number of fused-ring (bicyclic) bond motifs is 1. The van der Waals surface area contributed by atoms with Crippen LogP contribution in [0.15, 0.2) is 12.1 Å². The summed E-state index contributed by atoms with van der Waals surface area (Å²) < 4.78 is 0. The zero-order valence-corrected chi connectivity index (χ0v) is 11.9. The Hall–Kier alpha value is -1.85. The highest BCUT2D eigenvalue weighted by atomic mass is 35.5. The molecule has 0 unspecified atom stereocenters. The first-order valence-corrected chi connectivity index (χ1v) is 6.59. The molecule has 0 aliphatic carbocycles. The van der Waals surface area contributed by atoms with Gasteiger partial charge in [-0.25, -0.2) is 5.32 Å². The second-order valence-corrected chi connectivity index (χ2v) is 5.37. The molecule has 1 radical (unpaired) electrons. The fraction of sp³-hybridized carbons (Fsp3) is 0.286. The van der Waals surface area contributed by atoms with E-state index in [0.29, 0.717) is 15.9 Å². The first-order chi connectivity index (χ1) is 9.38. The van der Waals surface area contributed by atoms with Crippen LogP contribution >= 0.6 is 11.6 Å². The van der Waals surface area contributed by atoms with E-state index in [2.05, 4.69) is 10.6 Å². The molecule has 0 aromatic heterocycles. The summed E-state index contributed by atoms with van der Waals surface area (Å²) in [6.45, 7) is 3.73. The normalized spacial score (nSPS) is 14.8. The highest BCUT2D eigenvalue weighted by Crippen LogP contribution is 2.18. The Morgan fingerprint density at radius 3 is 2.70 bits per heavy atom. The number of amides is 2. The summed E-state index contributed by atoms with van der Waals surface area (Å²) in [5.74, 6) is -0.625. The van der Waals surface area contributed by atoms with E-state index in [1.165, 1.54) is 12.3 Å². The number of nitrogens with one attached hydrogen (secondary N) is 1. The van der Waals surface area contributed by atoms with Crippen molar-refractivity contribution in [1.82, 2.24) is 5.32 Å². The lowest BCUT2D eigenvalue weighted by Gasteiger charge is -2.16. The molecule has 5 nitrogen and oxygen atoms in total. The number of hydrogen-bond acceptors (Lipinski definition) is 3. The maximum atomic E-state index is 11.9. The molecule has 3 N–H and O–H groups in total. The third kappa shape index (κ3) is 3.00. The second kappa shape index (κ2) is 5.64. The van der Waals surface area contributed by atoms with E-state index in [1.807, 2.05) is 13.8 Å². The maximum Gasteiger partial charge on any atom is 0.270 e. The zero-order valence-electron chi connectivity index (χ0n) is 11.2. The van der Waals surface area contributed by atoms with Gasteiger partial charge in [0, 0.05) is 17.5 Å². The van der Waals surface area contributed by atoms with Crippen LogP contribution in [-0.4, -0.2) is 17.9 Å². The van der Waals surface area contributed by atoms with Crippen LogP contribution in [-0.2, 0) is 9.59 Å². The third-order valence-electron chi connectivity index (χ3n) is 3.06. The molecule has 0 saturated carbocycles. The van der Waals surface area contributed by atoms with Crippen LogP contribution in [0.25, 0.3) is 12.3 Å². The lowest BCUT2D eigenvalue weighted by molar-refractivity contribution is -0.118. The van der Waals surface area contributed by atoms with Crippen LogP contribution in [0.1, 0.15) is 13.8 Å². The van der Waals surface area contributed by atoms with E-state index >= 15 is 0 Å². The van der Waals surface area contributed by atoms with Crippen LogP contribution in [0, 0.1) is 5.92 Å². The molecule has 20 heavy (non-hydrogen) atoms. The Morgan fingerprint density at radius 1 is 1.35 bits per heavy atom. The summed E-state index contributed by atoms with van der Waals surface area (Å²) in [5.41, 5.74) is 6.22. The minimum atomic E-state index is -0.616. The van der Waals surface area contributed by atoms with Gasteiger partial charge in [0.2, 0.25) is 5.91 Å². The molecular formula is C14H15ClN3O2. The van der Waals surface area contributed by atoms with E-state index in [4.69, 9.17) is 17.3 Å². The fourth-order valence-electron chi connectivity index (χ4n) is 1.76.